The fourth-order valence-corrected chi connectivity index (χ4v) is 8.40. The van der Waals surface area contributed by atoms with Gasteiger partial charge < -0.3 is 18.9 Å². The number of rotatable bonds is 30. The van der Waals surface area contributed by atoms with Gasteiger partial charge in [-0.2, -0.15) is 21.0 Å². The molecule has 0 bridgehead atoms. The molecule has 0 unspecified atom stereocenters. The van der Waals surface area contributed by atoms with E-state index in [9.17, 15) is 30.6 Å². The number of unbranched alkanes of at least 4 members (excludes halogenated alkanes) is 14. The molecule has 0 spiro atoms. The van der Waals surface area contributed by atoms with Crippen molar-refractivity contribution in [3.63, 3.8) is 0 Å². The first-order valence-electron chi connectivity index (χ1n) is 27.7. The van der Waals surface area contributed by atoms with Gasteiger partial charge in [-0.05, 0) is 98.2 Å². The van der Waals surface area contributed by atoms with E-state index in [0.29, 0.717) is 47.5 Å². The van der Waals surface area contributed by atoms with Crippen LogP contribution in [0, 0.1) is 45.3 Å². The van der Waals surface area contributed by atoms with Crippen molar-refractivity contribution in [1.82, 2.24) is 19.9 Å². The first-order chi connectivity index (χ1) is 38.2. The van der Waals surface area contributed by atoms with Crippen molar-refractivity contribution >= 4 is 11.9 Å². The van der Waals surface area contributed by atoms with Gasteiger partial charge in [0, 0.05) is 35.9 Å². The lowest BCUT2D eigenvalue weighted by atomic mass is 10.1. The van der Waals surface area contributed by atoms with Crippen molar-refractivity contribution in [2.24, 2.45) is 0 Å². The molecule has 2 aromatic heterocycles. The number of nitrogens with zero attached hydrogens (tertiary/aromatic N) is 8. The molecule has 14 heteroatoms. The molecule has 0 aliphatic heterocycles. The third kappa shape index (κ3) is 19.0. The van der Waals surface area contributed by atoms with E-state index in [1.165, 1.54) is 95.2 Å². The summed E-state index contributed by atoms with van der Waals surface area (Å²) in [5.41, 5.74) is 4.48. The smallest absolute Gasteiger partial charge is 0.343 e. The molecule has 0 radical (unpaired) electrons. The molecule has 14 nitrogen and oxygen atoms in total. The van der Waals surface area contributed by atoms with Gasteiger partial charge in [-0.25, -0.2) is 29.5 Å². The summed E-state index contributed by atoms with van der Waals surface area (Å²) in [7, 11) is 0. The molecular formula is C64H72N8O6. The predicted molar refractivity (Wildman–Crippen MR) is 301 cm³/mol. The van der Waals surface area contributed by atoms with Crippen LogP contribution in [-0.4, -0.2) is 45.1 Å². The van der Waals surface area contributed by atoms with Crippen molar-refractivity contribution in [2.45, 2.75) is 156 Å². The molecule has 0 aliphatic rings. The minimum absolute atomic E-state index is 0.0144. The number of hydrogen-bond donors (Lipinski definition) is 0. The van der Waals surface area contributed by atoms with Crippen LogP contribution in [0.2, 0.25) is 0 Å². The fourth-order valence-electron chi connectivity index (χ4n) is 8.40. The van der Waals surface area contributed by atoms with Crippen LogP contribution in [0.3, 0.4) is 0 Å². The van der Waals surface area contributed by atoms with Crippen molar-refractivity contribution < 1.29 is 28.5 Å². The van der Waals surface area contributed by atoms with Gasteiger partial charge in [-0.15, -0.1) is 0 Å². The molecule has 0 saturated carbocycles. The van der Waals surface area contributed by atoms with Crippen LogP contribution >= 0.6 is 0 Å². The van der Waals surface area contributed by atoms with Crippen LogP contribution in [-0.2, 0) is 12.8 Å². The highest BCUT2D eigenvalue weighted by Crippen LogP contribution is 2.32. The zero-order chi connectivity index (χ0) is 55.7. The second-order valence-corrected chi connectivity index (χ2v) is 19.0. The Balaban J connectivity index is 0.000000291. The molecule has 6 rings (SSSR count). The Kier molecular flexibility index (Phi) is 26.5. The highest BCUT2D eigenvalue weighted by molar-refractivity contribution is 5.93. The summed E-state index contributed by atoms with van der Waals surface area (Å²) in [5.74, 6) is 0.566. The summed E-state index contributed by atoms with van der Waals surface area (Å²) in [6, 6.07) is 27.6. The van der Waals surface area contributed by atoms with Gasteiger partial charge in [0.05, 0.1) is 24.3 Å². The summed E-state index contributed by atoms with van der Waals surface area (Å²) in [4.78, 5) is 43.5. The van der Waals surface area contributed by atoms with Gasteiger partial charge in [0.1, 0.15) is 58.0 Å². The topological polar surface area (TPSA) is 218 Å². The molecular weight excluding hydrogens is 977 g/mol. The lowest BCUT2D eigenvalue weighted by molar-refractivity contribution is 0.0724. The van der Waals surface area contributed by atoms with Crippen molar-refractivity contribution in [3.8, 4) is 70.1 Å². The van der Waals surface area contributed by atoms with E-state index < -0.39 is 11.9 Å². The summed E-state index contributed by atoms with van der Waals surface area (Å²) < 4.78 is 22.3. The molecule has 2 heterocycles. The van der Waals surface area contributed by atoms with E-state index in [-0.39, 0.29) is 33.8 Å². The summed E-state index contributed by atoms with van der Waals surface area (Å²) in [6.45, 7) is 9.44. The second kappa shape index (κ2) is 34.3. The standard InChI is InChI=1S/C35H42N4O3.C29H30N4O3/c1-3-5-7-9-10-11-12-14-22-41-32-20-21-33(31(24-37)30(32)23-36)42-35(40)29-18-16-28(17-19-29)34-38-25-27(26-39-34)15-13-8-6-4-2;1-3-5-6-7-8-9-21-19-32-28(33-20-21)22-10-12-23(13-11-22)29(34)36-27-15-14-26(35-16-4-2)24(17-30)25(27)18-31/h16-21,25-26H,3-15,22H2,1-2H3;10-15,19-20H,3-9,16H2,1-2H3. The first kappa shape index (κ1) is 60.4. The molecule has 0 fully saturated rings. The van der Waals surface area contributed by atoms with Gasteiger partial charge in [-0.3, -0.25) is 0 Å². The van der Waals surface area contributed by atoms with Gasteiger partial charge in [0.25, 0.3) is 0 Å². The molecule has 0 N–H and O–H groups in total. The molecule has 404 valence electrons. The number of esters is 2. The molecule has 4 aromatic carbocycles. The van der Waals surface area contributed by atoms with Crippen LogP contribution in [0.5, 0.6) is 23.0 Å². The Hall–Kier alpha value is -8.46. The molecule has 0 amide bonds. The van der Waals surface area contributed by atoms with Crippen molar-refractivity contribution in [2.75, 3.05) is 13.2 Å². The minimum Gasteiger partial charge on any atom is -0.492 e. The quantitative estimate of drug-likeness (QED) is 0.0233. The van der Waals surface area contributed by atoms with Crippen LogP contribution in [0.15, 0.2) is 97.6 Å². The Morgan fingerprint density at radius 2 is 0.705 bits per heavy atom. The number of aryl methyl sites for hydroxylation is 2. The number of ether oxygens (including phenoxy) is 4. The summed E-state index contributed by atoms with van der Waals surface area (Å²) in [5, 5.41) is 38.6. The minimum atomic E-state index is -0.636. The Morgan fingerprint density at radius 1 is 0.385 bits per heavy atom. The van der Waals surface area contributed by atoms with E-state index in [1.807, 2.05) is 56.0 Å². The molecule has 0 saturated heterocycles. The maximum absolute atomic E-state index is 12.9. The fraction of sp³-hybridized carbons (Fsp3) is 0.406. The number of hydrogen-bond acceptors (Lipinski definition) is 14. The van der Waals surface area contributed by atoms with E-state index in [2.05, 4.69) is 40.7 Å². The number of aromatic nitrogens is 4. The first-order valence-corrected chi connectivity index (χ1v) is 27.7. The third-order valence-corrected chi connectivity index (χ3v) is 12.9. The van der Waals surface area contributed by atoms with E-state index >= 15 is 0 Å². The third-order valence-electron chi connectivity index (χ3n) is 12.9. The Labute approximate surface area is 461 Å². The number of carbonyl (C=O) groups excluding carboxylic acids is 2. The summed E-state index contributed by atoms with van der Waals surface area (Å²) in [6.07, 6.45) is 30.5. The lowest BCUT2D eigenvalue weighted by Gasteiger charge is -2.12. The van der Waals surface area contributed by atoms with Crippen molar-refractivity contribution in [3.05, 3.63) is 142 Å². The van der Waals surface area contributed by atoms with E-state index in [1.54, 1.807) is 54.6 Å². The Morgan fingerprint density at radius 3 is 1.08 bits per heavy atom. The second-order valence-electron chi connectivity index (χ2n) is 19.0. The van der Waals surface area contributed by atoms with Crippen LogP contribution in [0.1, 0.15) is 197 Å². The van der Waals surface area contributed by atoms with Crippen molar-refractivity contribution in [1.29, 1.82) is 21.0 Å². The molecule has 6 aromatic rings. The highest BCUT2D eigenvalue weighted by Gasteiger charge is 2.21. The van der Waals surface area contributed by atoms with Gasteiger partial charge in [0.15, 0.2) is 23.1 Å². The molecule has 78 heavy (non-hydrogen) atoms. The number of benzene rings is 4. The molecule has 0 atom stereocenters. The zero-order valence-electron chi connectivity index (χ0n) is 45.8. The number of carbonyl (C=O) groups is 2. The van der Waals surface area contributed by atoms with E-state index in [4.69, 9.17) is 18.9 Å². The van der Waals surface area contributed by atoms with Gasteiger partial charge in [0.2, 0.25) is 0 Å². The SMILES string of the molecule is CCCCCCCCCCOc1ccc(OC(=O)c2ccc(-c3ncc(CCCCCC)cn3)cc2)c(C#N)c1C#N.CCCCCCCc1cnc(-c2ccc(C(=O)Oc3ccc(OCCC)c(C#N)c3C#N)cc2)nc1. The van der Waals surface area contributed by atoms with Gasteiger partial charge >= 0.3 is 11.9 Å². The lowest BCUT2D eigenvalue weighted by Crippen LogP contribution is -2.10. The number of nitriles is 4. The van der Waals surface area contributed by atoms with Gasteiger partial charge in [-0.1, -0.05) is 142 Å². The maximum atomic E-state index is 12.9. The van der Waals surface area contributed by atoms with Crippen LogP contribution in [0.4, 0.5) is 0 Å². The Bertz CT molecular complexity index is 2990. The van der Waals surface area contributed by atoms with Crippen LogP contribution in [0.25, 0.3) is 22.8 Å². The largest absolute Gasteiger partial charge is 0.492 e. The average Bonchev–Trinajstić information content (AvgIpc) is 3.48. The maximum Gasteiger partial charge on any atom is 0.343 e. The van der Waals surface area contributed by atoms with E-state index in [0.717, 1.165) is 73.6 Å². The molecule has 0 aliphatic carbocycles. The monoisotopic (exact) mass is 1050 g/mol. The van der Waals surface area contributed by atoms with Crippen LogP contribution < -0.4 is 18.9 Å². The zero-order valence-corrected chi connectivity index (χ0v) is 45.8. The highest BCUT2D eigenvalue weighted by atomic mass is 16.5. The average molecular weight is 1050 g/mol. The predicted octanol–water partition coefficient (Wildman–Crippen LogP) is 15.2. The summed E-state index contributed by atoms with van der Waals surface area (Å²) >= 11 is 0. The normalized spacial score (nSPS) is 10.5.